The molecule has 152 valence electrons. The van der Waals surface area contributed by atoms with Gasteiger partial charge in [-0.25, -0.2) is 4.79 Å². The Labute approximate surface area is 178 Å². The van der Waals surface area contributed by atoms with E-state index in [9.17, 15) is 14.7 Å². The summed E-state index contributed by atoms with van der Waals surface area (Å²) < 4.78 is 11.2. The van der Waals surface area contributed by atoms with Crippen LogP contribution in [0.1, 0.15) is 26.0 Å². The summed E-state index contributed by atoms with van der Waals surface area (Å²) in [5.74, 6) is 0.539. The number of furan rings is 1. The lowest BCUT2D eigenvalue weighted by atomic mass is 10.0. The Bertz CT molecular complexity index is 962. The zero-order valence-electron chi connectivity index (χ0n) is 16.2. The summed E-state index contributed by atoms with van der Waals surface area (Å²) in [6, 6.07) is 10.0. The molecule has 3 rings (SSSR count). The van der Waals surface area contributed by atoms with E-state index in [1.54, 1.807) is 19.3 Å². The molecule has 1 aromatic carbocycles. The predicted molar refractivity (Wildman–Crippen MR) is 117 cm³/mol. The second kappa shape index (κ2) is 8.84. The number of ether oxygens (including phenoxy) is 1. The zero-order valence-corrected chi connectivity index (χ0v) is 17.9. The lowest BCUT2D eigenvalue weighted by Crippen LogP contribution is -2.44. The van der Waals surface area contributed by atoms with Crippen molar-refractivity contribution in [2.75, 3.05) is 7.11 Å². The first-order chi connectivity index (χ1) is 13.8. The number of nitrogens with zero attached hydrogens (tertiary/aromatic N) is 1. The molecule has 8 heteroatoms. The van der Waals surface area contributed by atoms with Gasteiger partial charge in [-0.05, 0) is 48.7 Å². The third kappa shape index (κ3) is 4.71. The number of methoxy groups -OCH3 is 1. The third-order valence-electron chi connectivity index (χ3n) is 4.39. The van der Waals surface area contributed by atoms with Crippen molar-refractivity contribution >= 4 is 46.3 Å². The monoisotopic (exact) mass is 431 g/mol. The van der Waals surface area contributed by atoms with Crippen molar-refractivity contribution in [1.82, 2.24) is 4.90 Å². The van der Waals surface area contributed by atoms with Crippen molar-refractivity contribution in [3.63, 3.8) is 0 Å². The molecule has 0 spiro atoms. The Balaban J connectivity index is 1.82. The third-order valence-corrected chi connectivity index (χ3v) is 5.72. The van der Waals surface area contributed by atoms with E-state index >= 15 is 0 Å². The largest absolute Gasteiger partial charge is 0.497 e. The van der Waals surface area contributed by atoms with Crippen LogP contribution < -0.4 is 4.74 Å². The fourth-order valence-electron chi connectivity index (χ4n) is 2.98. The van der Waals surface area contributed by atoms with Gasteiger partial charge in [-0.3, -0.25) is 9.69 Å². The molecule has 0 radical (unpaired) electrons. The minimum Gasteiger partial charge on any atom is -0.497 e. The van der Waals surface area contributed by atoms with Crippen molar-refractivity contribution in [2.45, 2.75) is 26.3 Å². The molecular weight excluding hydrogens is 410 g/mol. The van der Waals surface area contributed by atoms with Crippen LogP contribution in [-0.4, -0.2) is 39.4 Å². The molecular formula is C21H21NO5S2. The quantitative estimate of drug-likeness (QED) is 0.505. The highest BCUT2D eigenvalue weighted by molar-refractivity contribution is 8.26. The number of carbonyl (C=O) groups is 2. The predicted octanol–water partition coefficient (Wildman–Crippen LogP) is 4.66. The van der Waals surface area contributed by atoms with Gasteiger partial charge < -0.3 is 14.3 Å². The second-order valence-corrected chi connectivity index (χ2v) is 8.64. The maximum absolute atomic E-state index is 12.8. The van der Waals surface area contributed by atoms with Crippen LogP contribution in [0, 0.1) is 5.92 Å². The number of thiocarbonyl (C=S) groups is 1. The van der Waals surface area contributed by atoms with Gasteiger partial charge in [-0.15, -0.1) is 0 Å². The van der Waals surface area contributed by atoms with Crippen LogP contribution in [0.15, 0.2) is 45.7 Å². The summed E-state index contributed by atoms with van der Waals surface area (Å²) in [6.45, 7) is 3.82. The fourth-order valence-corrected chi connectivity index (χ4v) is 4.32. The highest BCUT2D eigenvalue weighted by atomic mass is 32.2. The first kappa shape index (κ1) is 21.1. The maximum atomic E-state index is 12.8. The first-order valence-corrected chi connectivity index (χ1v) is 10.3. The number of rotatable bonds is 7. The van der Waals surface area contributed by atoms with Crippen LogP contribution in [0.25, 0.3) is 17.4 Å². The number of benzene rings is 1. The van der Waals surface area contributed by atoms with Gasteiger partial charge in [0.25, 0.3) is 5.91 Å². The summed E-state index contributed by atoms with van der Waals surface area (Å²) >= 11 is 6.37. The lowest BCUT2D eigenvalue weighted by molar-refractivity contribution is -0.145. The number of hydrogen-bond donors (Lipinski definition) is 1. The molecule has 1 N–H and O–H groups in total. The summed E-state index contributed by atoms with van der Waals surface area (Å²) in [4.78, 5) is 26.0. The molecule has 1 amide bonds. The Kier molecular flexibility index (Phi) is 6.44. The molecule has 0 bridgehead atoms. The standard InChI is InChI=1S/C21H21NO5S2/c1-12(2)10-16(20(24)25)22-19(23)18(29-21(22)28)11-15-8-9-17(27-15)13-4-6-14(26-3)7-5-13/h4-9,11-12,16H,10H2,1-3H3,(H,24,25)/b18-11+/t16-/m1/s1. The number of carbonyl (C=O) groups excluding carboxylic acids is 1. The Morgan fingerprint density at radius 2 is 1.97 bits per heavy atom. The van der Waals surface area contributed by atoms with Crippen molar-refractivity contribution in [1.29, 1.82) is 0 Å². The SMILES string of the molecule is COc1ccc(-c2ccc(/C=C3/SC(=S)N([C@H](CC(C)C)C(=O)O)C3=O)o2)cc1. The van der Waals surface area contributed by atoms with E-state index in [2.05, 4.69) is 0 Å². The molecule has 1 aliphatic rings. The van der Waals surface area contributed by atoms with Gasteiger partial charge in [0, 0.05) is 11.6 Å². The Morgan fingerprint density at radius 3 is 2.55 bits per heavy atom. The average Bonchev–Trinajstić information content (AvgIpc) is 3.25. The van der Waals surface area contributed by atoms with E-state index in [0.29, 0.717) is 22.8 Å². The summed E-state index contributed by atoms with van der Waals surface area (Å²) in [6.07, 6.45) is 1.93. The van der Waals surface area contributed by atoms with Gasteiger partial charge in [0.2, 0.25) is 0 Å². The topological polar surface area (TPSA) is 80.0 Å². The smallest absolute Gasteiger partial charge is 0.326 e. The van der Waals surface area contributed by atoms with Gasteiger partial charge >= 0.3 is 5.97 Å². The van der Waals surface area contributed by atoms with Crippen LogP contribution in [0.2, 0.25) is 0 Å². The van der Waals surface area contributed by atoms with Gasteiger partial charge in [0.15, 0.2) is 0 Å². The zero-order chi connectivity index (χ0) is 21.1. The van der Waals surface area contributed by atoms with Crippen molar-refractivity contribution in [3.05, 3.63) is 47.1 Å². The summed E-state index contributed by atoms with van der Waals surface area (Å²) in [5.41, 5.74) is 0.876. The van der Waals surface area contributed by atoms with Gasteiger partial charge in [-0.2, -0.15) is 0 Å². The van der Waals surface area contributed by atoms with Crippen LogP contribution in [0.5, 0.6) is 5.75 Å². The number of amides is 1. The average molecular weight is 432 g/mol. The molecule has 1 saturated heterocycles. The van der Waals surface area contributed by atoms with E-state index in [1.807, 2.05) is 44.2 Å². The number of hydrogen-bond acceptors (Lipinski definition) is 6. The first-order valence-electron chi connectivity index (χ1n) is 9.04. The van der Waals surface area contributed by atoms with Crippen LogP contribution in [0.3, 0.4) is 0 Å². The number of thioether (sulfide) groups is 1. The maximum Gasteiger partial charge on any atom is 0.326 e. The summed E-state index contributed by atoms with van der Waals surface area (Å²) in [7, 11) is 1.60. The van der Waals surface area contributed by atoms with E-state index in [-0.39, 0.29) is 10.2 Å². The molecule has 1 atom stereocenters. The molecule has 1 fully saturated rings. The van der Waals surface area contributed by atoms with E-state index in [1.165, 1.54) is 4.90 Å². The normalized spacial score (nSPS) is 16.7. The molecule has 2 aromatic rings. The highest BCUT2D eigenvalue weighted by Crippen LogP contribution is 2.36. The molecule has 1 aliphatic heterocycles. The Hall–Kier alpha value is -2.58. The van der Waals surface area contributed by atoms with Gasteiger partial charge in [-0.1, -0.05) is 37.8 Å². The van der Waals surface area contributed by atoms with Crippen LogP contribution in [0.4, 0.5) is 0 Å². The molecule has 0 saturated carbocycles. The molecule has 1 aromatic heterocycles. The molecule has 0 unspecified atom stereocenters. The summed E-state index contributed by atoms with van der Waals surface area (Å²) in [5, 5.41) is 9.55. The lowest BCUT2D eigenvalue weighted by Gasteiger charge is -2.24. The second-order valence-electron chi connectivity index (χ2n) is 6.97. The highest BCUT2D eigenvalue weighted by Gasteiger charge is 2.40. The number of carboxylic acid groups (broad SMARTS) is 1. The minimum atomic E-state index is -1.06. The van der Waals surface area contributed by atoms with Crippen LogP contribution in [-0.2, 0) is 9.59 Å². The molecule has 2 heterocycles. The van der Waals surface area contributed by atoms with E-state index < -0.39 is 17.9 Å². The van der Waals surface area contributed by atoms with Gasteiger partial charge in [0.1, 0.15) is 27.6 Å². The minimum absolute atomic E-state index is 0.113. The molecule has 0 aliphatic carbocycles. The van der Waals surface area contributed by atoms with Crippen molar-refractivity contribution in [3.8, 4) is 17.1 Å². The van der Waals surface area contributed by atoms with Crippen LogP contribution >= 0.6 is 24.0 Å². The Morgan fingerprint density at radius 1 is 1.28 bits per heavy atom. The number of aliphatic carboxylic acids is 1. The van der Waals surface area contributed by atoms with Crippen molar-refractivity contribution in [2.24, 2.45) is 5.92 Å². The van der Waals surface area contributed by atoms with Gasteiger partial charge in [0.05, 0.1) is 12.0 Å². The number of carboxylic acids is 1. The van der Waals surface area contributed by atoms with E-state index in [0.717, 1.165) is 23.1 Å². The molecule has 29 heavy (non-hydrogen) atoms. The fraction of sp³-hybridized carbons (Fsp3) is 0.286. The molecule has 6 nitrogen and oxygen atoms in total. The van der Waals surface area contributed by atoms with E-state index in [4.69, 9.17) is 21.4 Å². The van der Waals surface area contributed by atoms with Crippen molar-refractivity contribution < 1.29 is 23.8 Å².